The normalized spacial score (nSPS) is 21.3. The number of carbonyl (C=O) groups excluding carboxylic acids is 2. The van der Waals surface area contributed by atoms with E-state index in [-0.39, 0.29) is 18.2 Å². The lowest BCUT2D eigenvalue weighted by Crippen LogP contribution is -2.37. The maximum absolute atomic E-state index is 13.0. The van der Waals surface area contributed by atoms with Crippen molar-refractivity contribution in [1.82, 2.24) is 5.32 Å². The van der Waals surface area contributed by atoms with Crippen molar-refractivity contribution in [3.05, 3.63) is 35.1 Å². The first kappa shape index (κ1) is 17.4. The monoisotopic (exact) mass is 333 g/mol. The van der Waals surface area contributed by atoms with Crippen molar-refractivity contribution in [2.75, 3.05) is 6.54 Å². The highest BCUT2D eigenvalue weighted by molar-refractivity contribution is 5.91. The largest absolute Gasteiger partial charge is 0.491 e. The van der Waals surface area contributed by atoms with Gasteiger partial charge in [0.2, 0.25) is 0 Å². The Bertz CT molecular complexity index is 615. The number of rotatable bonds is 3. The maximum Gasteiger partial charge on any atom is 0.491 e. The summed E-state index contributed by atoms with van der Waals surface area (Å²) in [4.78, 5) is 22.2. The molecule has 0 aromatic heterocycles. The van der Waals surface area contributed by atoms with Gasteiger partial charge in [0.05, 0.1) is 0 Å². The molecule has 1 fully saturated rings. The number of ether oxygens (including phenoxy) is 1. The SMILES string of the molecule is Cc1cc(F)ccc1C[C@H]1CN[C@H](C(=O)OC(=O)C(F)(F)F)C1. The summed E-state index contributed by atoms with van der Waals surface area (Å²) in [6.45, 7) is 2.16. The van der Waals surface area contributed by atoms with Crippen LogP contribution in [-0.4, -0.2) is 30.7 Å². The van der Waals surface area contributed by atoms with Gasteiger partial charge in [-0.25, -0.2) is 14.0 Å². The highest BCUT2D eigenvalue weighted by Crippen LogP contribution is 2.23. The van der Waals surface area contributed by atoms with Gasteiger partial charge < -0.3 is 10.1 Å². The first-order chi connectivity index (χ1) is 10.7. The number of aryl methyl sites for hydroxylation is 1. The first-order valence-electron chi connectivity index (χ1n) is 6.98. The third-order valence-corrected chi connectivity index (χ3v) is 3.74. The number of nitrogens with one attached hydrogen (secondary N) is 1. The summed E-state index contributed by atoms with van der Waals surface area (Å²) in [5.41, 5.74) is 1.67. The van der Waals surface area contributed by atoms with Crippen LogP contribution in [0.15, 0.2) is 18.2 Å². The fraction of sp³-hybridized carbons (Fsp3) is 0.467. The Kier molecular flexibility index (Phi) is 5.03. The van der Waals surface area contributed by atoms with Gasteiger partial charge in [-0.3, -0.25) is 0 Å². The molecule has 1 aromatic carbocycles. The Morgan fingerprint density at radius 3 is 2.65 bits per heavy atom. The third-order valence-electron chi connectivity index (χ3n) is 3.74. The van der Waals surface area contributed by atoms with Gasteiger partial charge in [-0.15, -0.1) is 0 Å². The van der Waals surface area contributed by atoms with E-state index >= 15 is 0 Å². The number of hydrogen-bond donors (Lipinski definition) is 1. The summed E-state index contributed by atoms with van der Waals surface area (Å²) in [6.07, 6.45) is -4.39. The van der Waals surface area contributed by atoms with E-state index in [1.165, 1.54) is 12.1 Å². The predicted octanol–water partition coefficient (Wildman–Crippen LogP) is 2.29. The van der Waals surface area contributed by atoms with Crippen LogP contribution in [0.3, 0.4) is 0 Å². The quantitative estimate of drug-likeness (QED) is 0.524. The van der Waals surface area contributed by atoms with Crippen molar-refractivity contribution >= 4 is 11.9 Å². The molecule has 2 rings (SSSR count). The topological polar surface area (TPSA) is 55.4 Å². The zero-order valence-corrected chi connectivity index (χ0v) is 12.2. The van der Waals surface area contributed by atoms with Gasteiger partial charge in [0.1, 0.15) is 11.9 Å². The van der Waals surface area contributed by atoms with E-state index in [4.69, 9.17) is 0 Å². The van der Waals surface area contributed by atoms with Gasteiger partial charge >= 0.3 is 18.1 Å². The molecule has 1 aliphatic rings. The van der Waals surface area contributed by atoms with Crippen LogP contribution in [-0.2, 0) is 20.7 Å². The van der Waals surface area contributed by atoms with E-state index in [0.29, 0.717) is 13.0 Å². The van der Waals surface area contributed by atoms with E-state index in [2.05, 4.69) is 10.1 Å². The first-order valence-corrected chi connectivity index (χ1v) is 6.98. The van der Waals surface area contributed by atoms with Gasteiger partial charge in [-0.2, -0.15) is 13.2 Å². The number of halogens is 4. The highest BCUT2D eigenvalue weighted by Gasteiger charge is 2.44. The Balaban J connectivity index is 1.91. The Hall–Kier alpha value is -1.96. The zero-order valence-electron chi connectivity index (χ0n) is 12.2. The van der Waals surface area contributed by atoms with Crippen LogP contribution in [0.25, 0.3) is 0 Å². The third kappa shape index (κ3) is 4.51. The summed E-state index contributed by atoms with van der Waals surface area (Å²) < 4.78 is 53.1. The molecule has 0 radical (unpaired) electrons. The van der Waals surface area contributed by atoms with Crippen molar-refractivity contribution in [3.63, 3.8) is 0 Å². The minimum absolute atomic E-state index is 0.0160. The number of hydrogen-bond acceptors (Lipinski definition) is 4. The molecule has 126 valence electrons. The molecular formula is C15H15F4NO3. The zero-order chi connectivity index (χ0) is 17.2. The number of carbonyl (C=O) groups is 2. The van der Waals surface area contributed by atoms with Crippen LogP contribution < -0.4 is 5.32 Å². The van der Waals surface area contributed by atoms with Crippen LogP contribution in [0, 0.1) is 18.7 Å². The molecule has 1 saturated heterocycles. The second-order valence-electron chi connectivity index (χ2n) is 5.54. The molecule has 0 spiro atoms. The summed E-state index contributed by atoms with van der Waals surface area (Å²) in [5, 5.41) is 2.75. The molecule has 0 bridgehead atoms. The lowest BCUT2D eigenvalue weighted by atomic mass is 9.94. The van der Waals surface area contributed by atoms with Gasteiger partial charge in [0.15, 0.2) is 0 Å². The molecule has 0 unspecified atom stereocenters. The minimum Gasteiger partial charge on any atom is -0.385 e. The minimum atomic E-state index is -5.20. The summed E-state index contributed by atoms with van der Waals surface area (Å²) >= 11 is 0. The van der Waals surface area contributed by atoms with Crippen LogP contribution >= 0.6 is 0 Å². The smallest absolute Gasteiger partial charge is 0.385 e. The Morgan fingerprint density at radius 1 is 1.35 bits per heavy atom. The molecule has 1 heterocycles. The number of benzene rings is 1. The van der Waals surface area contributed by atoms with Crippen molar-refractivity contribution < 1.29 is 31.9 Å². The van der Waals surface area contributed by atoms with Crippen LogP contribution in [0.1, 0.15) is 17.5 Å². The maximum atomic E-state index is 13.0. The van der Waals surface area contributed by atoms with E-state index in [9.17, 15) is 27.2 Å². The van der Waals surface area contributed by atoms with Gasteiger partial charge in [0.25, 0.3) is 0 Å². The second-order valence-corrected chi connectivity index (χ2v) is 5.54. The molecule has 1 N–H and O–H groups in total. The molecule has 0 aliphatic carbocycles. The van der Waals surface area contributed by atoms with Crippen molar-refractivity contribution in [2.24, 2.45) is 5.92 Å². The molecular weight excluding hydrogens is 318 g/mol. The van der Waals surface area contributed by atoms with Crippen molar-refractivity contribution in [3.8, 4) is 0 Å². The van der Waals surface area contributed by atoms with Crippen molar-refractivity contribution in [1.29, 1.82) is 0 Å². The summed E-state index contributed by atoms with van der Waals surface area (Å²) in [7, 11) is 0. The van der Waals surface area contributed by atoms with E-state index in [1.54, 1.807) is 13.0 Å². The molecule has 4 nitrogen and oxygen atoms in total. The van der Waals surface area contributed by atoms with Gasteiger partial charge in [0, 0.05) is 0 Å². The highest BCUT2D eigenvalue weighted by atomic mass is 19.4. The van der Waals surface area contributed by atoms with Crippen LogP contribution in [0.4, 0.5) is 17.6 Å². The Morgan fingerprint density at radius 2 is 2.04 bits per heavy atom. The van der Waals surface area contributed by atoms with E-state index < -0.39 is 24.2 Å². The molecule has 2 atom stereocenters. The van der Waals surface area contributed by atoms with Gasteiger partial charge in [-0.1, -0.05) is 6.07 Å². The Labute approximate surface area is 129 Å². The molecule has 1 aliphatic heterocycles. The fourth-order valence-corrected chi connectivity index (χ4v) is 2.56. The number of alkyl halides is 3. The summed E-state index contributed by atoms with van der Waals surface area (Å²) in [6, 6.07) is 3.42. The average Bonchev–Trinajstić information content (AvgIpc) is 2.89. The lowest BCUT2D eigenvalue weighted by molar-refractivity contribution is -0.202. The summed E-state index contributed by atoms with van der Waals surface area (Å²) in [5.74, 6) is -4.10. The van der Waals surface area contributed by atoms with E-state index in [1.807, 2.05) is 0 Å². The molecule has 23 heavy (non-hydrogen) atoms. The molecule has 0 saturated carbocycles. The lowest BCUT2D eigenvalue weighted by Gasteiger charge is -2.12. The second kappa shape index (κ2) is 6.66. The molecule has 0 amide bonds. The van der Waals surface area contributed by atoms with Crippen LogP contribution in [0.2, 0.25) is 0 Å². The number of esters is 2. The van der Waals surface area contributed by atoms with Gasteiger partial charge in [-0.05, 0) is 55.5 Å². The molecule has 1 aromatic rings. The average molecular weight is 333 g/mol. The molecule has 8 heteroatoms. The van der Waals surface area contributed by atoms with Crippen molar-refractivity contribution in [2.45, 2.75) is 32.0 Å². The van der Waals surface area contributed by atoms with E-state index in [0.717, 1.165) is 11.1 Å². The standard InChI is InChI=1S/C15H15F4NO3/c1-8-4-11(16)3-2-10(8)5-9-6-12(20-7-9)13(21)23-14(22)15(17,18)19/h2-4,9,12,20H,5-7H2,1H3/t9-,12+/m1/s1. The van der Waals surface area contributed by atoms with Crippen LogP contribution in [0.5, 0.6) is 0 Å². The predicted molar refractivity (Wildman–Crippen MR) is 71.9 cm³/mol. The fourth-order valence-electron chi connectivity index (χ4n) is 2.56.